The van der Waals surface area contributed by atoms with E-state index in [1.165, 1.54) is 32.1 Å². The van der Waals surface area contributed by atoms with Gasteiger partial charge in [0.2, 0.25) is 0 Å². The third-order valence-electron chi connectivity index (χ3n) is 2.71. The van der Waals surface area contributed by atoms with Crippen LogP contribution in [0.25, 0.3) is 0 Å². The summed E-state index contributed by atoms with van der Waals surface area (Å²) in [6, 6.07) is 0. The van der Waals surface area contributed by atoms with Gasteiger partial charge < -0.3 is 0 Å². The fourth-order valence-corrected chi connectivity index (χ4v) is 2.36. The molecule has 0 nitrogen and oxygen atoms in total. The van der Waals surface area contributed by atoms with Crippen molar-refractivity contribution in [1.82, 2.24) is 0 Å². The molecule has 1 saturated carbocycles. The van der Waals surface area contributed by atoms with Crippen LogP contribution in [-0.4, -0.2) is 5.38 Å². The number of unbranched alkanes of at least 4 members (excludes halogenated alkanes) is 1. The molecule has 0 aromatic carbocycles. The minimum absolute atomic E-state index is 0.427. The molecule has 0 amide bonds. The molecule has 2 unspecified atom stereocenters. The lowest BCUT2D eigenvalue weighted by atomic mass is 9.85. The zero-order valence-corrected chi connectivity index (χ0v) is 8.32. The molecule has 0 aromatic heterocycles. The molecule has 1 fully saturated rings. The fraction of sp³-hybridized carbons (Fsp3) is 0.818. The van der Waals surface area contributed by atoms with Gasteiger partial charge in [0, 0.05) is 11.8 Å². The third-order valence-corrected chi connectivity index (χ3v) is 3.29. The van der Waals surface area contributed by atoms with E-state index in [0.29, 0.717) is 5.38 Å². The van der Waals surface area contributed by atoms with E-state index < -0.39 is 0 Å². The van der Waals surface area contributed by atoms with Crippen LogP contribution in [0.1, 0.15) is 44.9 Å². The highest BCUT2D eigenvalue weighted by Crippen LogP contribution is 2.31. The van der Waals surface area contributed by atoms with Crippen molar-refractivity contribution in [1.29, 1.82) is 0 Å². The van der Waals surface area contributed by atoms with Crippen LogP contribution in [0.15, 0.2) is 0 Å². The summed E-state index contributed by atoms with van der Waals surface area (Å²) in [4.78, 5) is 0. The van der Waals surface area contributed by atoms with Crippen molar-refractivity contribution in [2.45, 2.75) is 50.3 Å². The molecule has 0 radical (unpaired) electrons. The summed E-state index contributed by atoms with van der Waals surface area (Å²) in [5.41, 5.74) is 0. The number of rotatable bonds is 3. The first-order valence-electron chi connectivity index (χ1n) is 4.92. The fourth-order valence-electron chi connectivity index (χ4n) is 1.95. The first-order valence-corrected chi connectivity index (χ1v) is 5.35. The predicted molar refractivity (Wildman–Crippen MR) is 54.3 cm³/mol. The van der Waals surface area contributed by atoms with E-state index in [0.717, 1.165) is 18.8 Å². The normalized spacial score (nSPS) is 29.7. The topological polar surface area (TPSA) is 0 Å². The second-order valence-corrected chi connectivity index (χ2v) is 4.22. The molecule has 1 aliphatic carbocycles. The summed E-state index contributed by atoms with van der Waals surface area (Å²) < 4.78 is 0. The Labute approximate surface area is 80.7 Å². The molecule has 0 aromatic rings. The summed E-state index contributed by atoms with van der Waals surface area (Å²) in [7, 11) is 0. The van der Waals surface area contributed by atoms with Crippen LogP contribution in [0.4, 0.5) is 0 Å². The van der Waals surface area contributed by atoms with Gasteiger partial charge in [0.1, 0.15) is 0 Å². The monoisotopic (exact) mass is 184 g/mol. The number of terminal acetylenes is 1. The molecule has 0 N–H and O–H groups in total. The van der Waals surface area contributed by atoms with Crippen LogP contribution in [0.5, 0.6) is 0 Å². The molecule has 0 heterocycles. The Morgan fingerprint density at radius 3 is 2.75 bits per heavy atom. The summed E-state index contributed by atoms with van der Waals surface area (Å²) in [5.74, 6) is 3.42. The van der Waals surface area contributed by atoms with E-state index in [9.17, 15) is 0 Å². The van der Waals surface area contributed by atoms with Gasteiger partial charge in [-0.25, -0.2) is 0 Å². The second kappa shape index (κ2) is 5.49. The lowest BCUT2D eigenvalue weighted by Crippen LogP contribution is -2.19. The van der Waals surface area contributed by atoms with Crippen LogP contribution in [-0.2, 0) is 0 Å². The molecule has 1 heteroatoms. The largest absolute Gasteiger partial charge is 0.123 e. The van der Waals surface area contributed by atoms with Crippen molar-refractivity contribution in [2.75, 3.05) is 0 Å². The third kappa shape index (κ3) is 3.07. The van der Waals surface area contributed by atoms with Gasteiger partial charge in [0.15, 0.2) is 0 Å². The summed E-state index contributed by atoms with van der Waals surface area (Å²) >= 11 is 6.21. The molecular formula is C11H17Cl. The van der Waals surface area contributed by atoms with E-state index >= 15 is 0 Å². The van der Waals surface area contributed by atoms with Crippen molar-refractivity contribution < 1.29 is 0 Å². The van der Waals surface area contributed by atoms with Crippen molar-refractivity contribution in [3.63, 3.8) is 0 Å². The molecule has 68 valence electrons. The van der Waals surface area contributed by atoms with Gasteiger partial charge >= 0.3 is 0 Å². The van der Waals surface area contributed by atoms with Crippen LogP contribution in [0.2, 0.25) is 0 Å². The Morgan fingerprint density at radius 1 is 1.33 bits per heavy atom. The van der Waals surface area contributed by atoms with Gasteiger partial charge in [-0.15, -0.1) is 23.9 Å². The second-order valence-electron chi connectivity index (χ2n) is 3.66. The average molecular weight is 185 g/mol. The Kier molecular flexibility index (Phi) is 4.54. The van der Waals surface area contributed by atoms with E-state index in [-0.39, 0.29) is 0 Å². The smallest absolute Gasteiger partial charge is 0.0364 e. The SMILES string of the molecule is C#CCCCC1CCCCC1Cl. The highest BCUT2D eigenvalue weighted by Gasteiger charge is 2.21. The minimum atomic E-state index is 0.427. The first kappa shape index (κ1) is 9.93. The Hall–Kier alpha value is -0.150. The molecule has 1 rings (SSSR count). The molecule has 0 saturated heterocycles. The average Bonchev–Trinajstić information content (AvgIpc) is 2.09. The Bertz CT molecular complexity index is 157. The Morgan fingerprint density at radius 2 is 2.08 bits per heavy atom. The maximum Gasteiger partial charge on any atom is 0.0364 e. The molecule has 2 atom stereocenters. The van der Waals surface area contributed by atoms with E-state index in [4.69, 9.17) is 18.0 Å². The van der Waals surface area contributed by atoms with Gasteiger partial charge in [0.05, 0.1) is 0 Å². The molecule has 0 spiro atoms. The zero-order chi connectivity index (χ0) is 8.81. The van der Waals surface area contributed by atoms with Gasteiger partial charge in [-0.2, -0.15) is 0 Å². The van der Waals surface area contributed by atoms with Gasteiger partial charge in [-0.1, -0.05) is 12.8 Å². The van der Waals surface area contributed by atoms with E-state index in [1.807, 2.05) is 0 Å². The van der Waals surface area contributed by atoms with E-state index in [1.54, 1.807) is 0 Å². The minimum Gasteiger partial charge on any atom is -0.123 e. The van der Waals surface area contributed by atoms with Crippen LogP contribution < -0.4 is 0 Å². The first-order chi connectivity index (χ1) is 5.84. The lowest BCUT2D eigenvalue weighted by molar-refractivity contribution is 0.340. The lowest BCUT2D eigenvalue weighted by Gasteiger charge is -2.26. The highest BCUT2D eigenvalue weighted by molar-refractivity contribution is 6.20. The number of halogens is 1. The summed E-state index contributed by atoms with van der Waals surface area (Å²) in [6.45, 7) is 0. The van der Waals surface area contributed by atoms with Crippen molar-refractivity contribution in [2.24, 2.45) is 5.92 Å². The highest BCUT2D eigenvalue weighted by atomic mass is 35.5. The Balaban J connectivity index is 2.16. The van der Waals surface area contributed by atoms with Crippen LogP contribution in [0, 0.1) is 18.3 Å². The summed E-state index contributed by atoms with van der Waals surface area (Å²) in [5, 5.41) is 0.427. The number of hydrogen-bond donors (Lipinski definition) is 0. The number of hydrogen-bond acceptors (Lipinski definition) is 0. The van der Waals surface area contributed by atoms with Crippen molar-refractivity contribution >= 4 is 11.6 Å². The van der Waals surface area contributed by atoms with Crippen molar-refractivity contribution in [3.05, 3.63) is 0 Å². The van der Waals surface area contributed by atoms with Gasteiger partial charge in [-0.3, -0.25) is 0 Å². The molecule has 0 aliphatic heterocycles. The molecule has 12 heavy (non-hydrogen) atoms. The standard InChI is InChI=1S/C11H17Cl/c1-2-3-4-7-10-8-5-6-9-11(10)12/h1,10-11H,3-9H2. The molecule has 1 aliphatic rings. The van der Waals surface area contributed by atoms with Gasteiger partial charge in [0.25, 0.3) is 0 Å². The molecule has 0 bridgehead atoms. The quantitative estimate of drug-likeness (QED) is 0.357. The summed E-state index contributed by atoms with van der Waals surface area (Å²) in [6.07, 6.45) is 13.7. The maximum absolute atomic E-state index is 6.21. The van der Waals surface area contributed by atoms with Crippen LogP contribution in [0.3, 0.4) is 0 Å². The van der Waals surface area contributed by atoms with E-state index in [2.05, 4.69) is 5.92 Å². The molecular weight excluding hydrogens is 168 g/mol. The zero-order valence-electron chi connectivity index (χ0n) is 7.56. The van der Waals surface area contributed by atoms with Crippen LogP contribution >= 0.6 is 11.6 Å². The van der Waals surface area contributed by atoms with Gasteiger partial charge in [-0.05, 0) is 31.6 Å². The predicted octanol–water partition coefficient (Wildman–Crippen LogP) is 3.59. The number of alkyl halides is 1. The maximum atomic E-state index is 6.21. The van der Waals surface area contributed by atoms with Crippen molar-refractivity contribution in [3.8, 4) is 12.3 Å².